The number of carbonyl (C=O) groups excluding carboxylic acids is 3. The summed E-state index contributed by atoms with van der Waals surface area (Å²) in [7, 11) is 0. The second-order valence-electron chi connectivity index (χ2n) is 7.36. The van der Waals surface area contributed by atoms with Crippen LogP contribution in [0.25, 0.3) is 0 Å². The van der Waals surface area contributed by atoms with Crippen LogP contribution in [0.1, 0.15) is 54.7 Å². The van der Waals surface area contributed by atoms with Gasteiger partial charge >= 0.3 is 0 Å². The summed E-state index contributed by atoms with van der Waals surface area (Å²) in [6.07, 6.45) is 2.17. The number of aldehydes is 3. The number of hydrogen-bond donors (Lipinski definition) is 0. The largest absolute Gasteiger partial charge is 0.456 e. The Balaban J connectivity index is 1.85. The zero-order valence-electron chi connectivity index (χ0n) is 15.1. The minimum Gasteiger partial charge on any atom is -0.456 e. The van der Waals surface area contributed by atoms with Gasteiger partial charge in [0.25, 0.3) is 0 Å². The van der Waals surface area contributed by atoms with Gasteiger partial charge in [-0.15, -0.1) is 0 Å². The molecule has 0 aromatic heterocycles. The molecular formula is C23H12O6. The average Bonchev–Trinajstić information content (AvgIpc) is 2.73. The van der Waals surface area contributed by atoms with Crippen molar-refractivity contribution in [2.75, 3.05) is 0 Å². The molecule has 0 aliphatic carbocycles. The minimum absolute atomic E-state index is 0.350. The van der Waals surface area contributed by atoms with Crippen molar-refractivity contribution in [3.63, 3.8) is 0 Å². The van der Waals surface area contributed by atoms with Crippen LogP contribution in [-0.2, 0) is 5.41 Å². The molecule has 3 aliphatic rings. The van der Waals surface area contributed by atoms with Crippen molar-refractivity contribution in [1.82, 2.24) is 0 Å². The fourth-order valence-electron chi connectivity index (χ4n) is 4.73. The third-order valence-electron chi connectivity index (χ3n) is 5.97. The Bertz CT molecular complexity index is 1260. The van der Waals surface area contributed by atoms with Gasteiger partial charge in [-0.25, -0.2) is 0 Å². The first kappa shape index (κ1) is 16.1. The van der Waals surface area contributed by atoms with E-state index in [1.807, 2.05) is 6.92 Å². The average molecular weight is 384 g/mol. The monoisotopic (exact) mass is 384 g/mol. The first-order chi connectivity index (χ1) is 14.1. The summed E-state index contributed by atoms with van der Waals surface area (Å²) in [6, 6.07) is 10.1. The summed E-state index contributed by atoms with van der Waals surface area (Å²) in [6.45, 7) is 1.98. The van der Waals surface area contributed by atoms with Crippen LogP contribution >= 0.6 is 0 Å². The predicted octanol–water partition coefficient (Wildman–Crippen LogP) is 4.80. The molecule has 3 aliphatic heterocycles. The quantitative estimate of drug-likeness (QED) is 0.472. The zero-order chi connectivity index (χ0) is 19.9. The molecule has 0 saturated heterocycles. The van der Waals surface area contributed by atoms with Crippen LogP contribution in [-0.4, -0.2) is 18.9 Å². The summed E-state index contributed by atoms with van der Waals surface area (Å²) in [5, 5.41) is 0. The van der Waals surface area contributed by atoms with Crippen LogP contribution in [0, 0.1) is 0 Å². The number of rotatable bonds is 3. The summed E-state index contributed by atoms with van der Waals surface area (Å²) in [5.41, 5.74) is 2.31. The van der Waals surface area contributed by atoms with Crippen LogP contribution in [0.5, 0.6) is 34.5 Å². The van der Waals surface area contributed by atoms with Crippen molar-refractivity contribution in [3.8, 4) is 34.5 Å². The molecule has 0 bridgehead atoms. The van der Waals surface area contributed by atoms with Crippen molar-refractivity contribution < 1.29 is 28.6 Å². The van der Waals surface area contributed by atoms with Crippen LogP contribution in [0.2, 0.25) is 0 Å². The molecule has 29 heavy (non-hydrogen) atoms. The van der Waals surface area contributed by atoms with E-state index in [1.165, 1.54) is 0 Å². The Morgan fingerprint density at radius 2 is 0.966 bits per heavy atom. The molecule has 0 fully saturated rings. The maximum Gasteiger partial charge on any atom is 0.153 e. The van der Waals surface area contributed by atoms with Gasteiger partial charge in [0.05, 0.1) is 38.8 Å². The summed E-state index contributed by atoms with van der Waals surface area (Å²) in [4.78, 5) is 35.2. The van der Waals surface area contributed by atoms with Crippen molar-refractivity contribution in [2.45, 2.75) is 12.3 Å². The molecule has 0 N–H and O–H groups in total. The number of hydrogen-bond acceptors (Lipinski definition) is 6. The van der Waals surface area contributed by atoms with Gasteiger partial charge in [-0.1, -0.05) is 0 Å². The molecule has 1 atom stereocenters. The third kappa shape index (κ3) is 1.70. The molecule has 6 heteroatoms. The van der Waals surface area contributed by atoms with Crippen LogP contribution in [0.15, 0.2) is 36.4 Å². The normalized spacial score (nSPS) is 18.5. The van der Waals surface area contributed by atoms with Gasteiger partial charge in [0.15, 0.2) is 18.9 Å². The molecule has 140 valence electrons. The van der Waals surface area contributed by atoms with E-state index in [0.29, 0.717) is 80.5 Å². The van der Waals surface area contributed by atoms with E-state index in [1.54, 1.807) is 36.4 Å². The van der Waals surface area contributed by atoms with Gasteiger partial charge in [0, 0.05) is 0 Å². The Morgan fingerprint density at radius 3 is 1.38 bits per heavy atom. The van der Waals surface area contributed by atoms with E-state index in [9.17, 15) is 14.4 Å². The van der Waals surface area contributed by atoms with E-state index in [0.717, 1.165) is 6.29 Å². The number of benzene rings is 3. The van der Waals surface area contributed by atoms with Crippen LogP contribution in [0.3, 0.4) is 0 Å². The molecule has 6 rings (SSSR count). The van der Waals surface area contributed by atoms with Gasteiger partial charge in [-0.05, 0) is 43.3 Å². The van der Waals surface area contributed by atoms with E-state index in [4.69, 9.17) is 14.2 Å². The fraction of sp³-hybridized carbons (Fsp3) is 0.0870. The highest BCUT2D eigenvalue weighted by Crippen LogP contribution is 2.67. The molecule has 0 radical (unpaired) electrons. The highest BCUT2D eigenvalue weighted by atomic mass is 16.5. The van der Waals surface area contributed by atoms with Gasteiger partial charge in [0.2, 0.25) is 0 Å². The maximum absolute atomic E-state index is 11.7. The topological polar surface area (TPSA) is 78.9 Å². The van der Waals surface area contributed by atoms with E-state index in [2.05, 4.69) is 0 Å². The molecule has 3 heterocycles. The van der Waals surface area contributed by atoms with Gasteiger partial charge < -0.3 is 14.2 Å². The van der Waals surface area contributed by atoms with Crippen molar-refractivity contribution in [1.29, 1.82) is 0 Å². The predicted molar refractivity (Wildman–Crippen MR) is 101 cm³/mol. The van der Waals surface area contributed by atoms with Gasteiger partial charge in [-0.3, -0.25) is 14.4 Å². The molecule has 6 nitrogen and oxygen atoms in total. The fourth-order valence-corrected chi connectivity index (χ4v) is 4.73. The Hall–Kier alpha value is -3.93. The van der Waals surface area contributed by atoms with E-state index < -0.39 is 5.41 Å². The van der Waals surface area contributed by atoms with Crippen molar-refractivity contribution in [2.24, 2.45) is 0 Å². The lowest BCUT2D eigenvalue weighted by molar-refractivity contribution is 0.111. The molecule has 3 aromatic rings. The lowest BCUT2D eigenvalue weighted by atomic mass is 9.65. The number of carbonyl (C=O) groups is 3. The van der Waals surface area contributed by atoms with Crippen molar-refractivity contribution in [3.05, 3.63) is 69.8 Å². The highest BCUT2D eigenvalue weighted by molar-refractivity contribution is 5.92. The SMILES string of the molecule is C[C@@]12c3c4ccc(C=O)c3Oc3ccc(C=O)c(c31)Oc1c(C=O)ccc(c12)O4. The Labute approximate surface area is 164 Å². The lowest BCUT2D eigenvalue weighted by Gasteiger charge is -2.46. The number of ether oxygens (including phenoxy) is 3. The Morgan fingerprint density at radius 1 is 0.586 bits per heavy atom. The molecular weight excluding hydrogens is 372 g/mol. The summed E-state index contributed by atoms with van der Waals surface area (Å²) in [5.74, 6) is 2.72. The zero-order valence-corrected chi connectivity index (χ0v) is 15.1. The van der Waals surface area contributed by atoms with Crippen molar-refractivity contribution >= 4 is 18.9 Å². The first-order valence-electron chi connectivity index (χ1n) is 9.03. The molecule has 0 spiro atoms. The van der Waals surface area contributed by atoms with Crippen LogP contribution < -0.4 is 14.2 Å². The van der Waals surface area contributed by atoms with E-state index >= 15 is 0 Å². The molecule has 0 unspecified atom stereocenters. The van der Waals surface area contributed by atoms with Gasteiger partial charge in [-0.2, -0.15) is 0 Å². The highest BCUT2D eigenvalue weighted by Gasteiger charge is 2.53. The minimum atomic E-state index is -0.828. The Kier molecular flexibility index (Phi) is 2.83. The van der Waals surface area contributed by atoms with Gasteiger partial charge in [0.1, 0.15) is 34.5 Å². The molecule has 3 aromatic carbocycles. The maximum atomic E-state index is 11.7. The molecule has 0 amide bonds. The molecule has 0 saturated carbocycles. The lowest BCUT2D eigenvalue weighted by Crippen LogP contribution is -2.36. The standard InChI is InChI=1S/C23H12O6/c1-23-17-14-5-2-11(8-24)20(17)28-16-7-4-13(10-26)22(19(16)23)29-21-12(9-25)3-6-15(27-14)18(21)23/h2-10H,1H3/t23-/m0/s1. The van der Waals surface area contributed by atoms with Crippen LogP contribution in [0.4, 0.5) is 0 Å². The second kappa shape index (κ2) is 5.11. The first-order valence-corrected chi connectivity index (χ1v) is 9.03. The second-order valence-corrected chi connectivity index (χ2v) is 7.36. The van der Waals surface area contributed by atoms with E-state index in [-0.39, 0.29) is 0 Å². The summed E-state index contributed by atoms with van der Waals surface area (Å²) < 4.78 is 18.3. The third-order valence-corrected chi connectivity index (χ3v) is 5.97. The summed E-state index contributed by atoms with van der Waals surface area (Å²) >= 11 is 0. The smallest absolute Gasteiger partial charge is 0.153 e.